The van der Waals surface area contributed by atoms with Gasteiger partial charge < -0.3 is 9.67 Å². The van der Waals surface area contributed by atoms with E-state index in [4.69, 9.17) is 0 Å². The fraction of sp³-hybridized carbons (Fsp3) is 0.368. The van der Waals surface area contributed by atoms with Crippen molar-refractivity contribution in [2.45, 2.75) is 32.4 Å². The van der Waals surface area contributed by atoms with Crippen molar-refractivity contribution in [2.75, 3.05) is 13.1 Å². The standard InChI is InChI=1S/C19H21FN2O3/c1-13-6-11-22(18(23)17(13)19(24)25)16-7-9-21(10-8-16)12-14-2-4-15(20)5-3-14/h2-6,11,16H,7-10,12H2,1H3,(H,24,25). The van der Waals surface area contributed by atoms with E-state index in [9.17, 15) is 19.1 Å². The second-order valence-electron chi connectivity index (χ2n) is 6.53. The minimum Gasteiger partial charge on any atom is -0.477 e. The predicted octanol–water partition coefficient (Wildman–Crippen LogP) is 2.83. The van der Waals surface area contributed by atoms with Gasteiger partial charge in [0, 0.05) is 31.9 Å². The van der Waals surface area contributed by atoms with Crippen LogP contribution in [0, 0.1) is 12.7 Å². The monoisotopic (exact) mass is 344 g/mol. The Bertz CT molecular complexity index is 822. The molecule has 25 heavy (non-hydrogen) atoms. The Balaban J connectivity index is 1.68. The molecule has 0 atom stereocenters. The molecule has 0 aliphatic carbocycles. The highest BCUT2D eigenvalue weighted by Gasteiger charge is 2.23. The first kappa shape index (κ1) is 17.4. The molecule has 3 rings (SSSR count). The van der Waals surface area contributed by atoms with Gasteiger partial charge in [-0.05, 0) is 49.1 Å². The van der Waals surface area contributed by atoms with Gasteiger partial charge in [0.05, 0.1) is 0 Å². The zero-order chi connectivity index (χ0) is 18.0. The van der Waals surface area contributed by atoms with E-state index in [1.165, 1.54) is 12.1 Å². The molecule has 0 spiro atoms. The lowest BCUT2D eigenvalue weighted by Gasteiger charge is -2.33. The number of carboxylic acid groups (broad SMARTS) is 1. The largest absolute Gasteiger partial charge is 0.477 e. The van der Waals surface area contributed by atoms with Crippen LogP contribution in [0.15, 0.2) is 41.3 Å². The maximum absolute atomic E-state index is 13.0. The number of hydrogen-bond donors (Lipinski definition) is 1. The number of aromatic nitrogens is 1. The third-order valence-corrected chi connectivity index (χ3v) is 4.81. The number of benzene rings is 1. The molecular weight excluding hydrogens is 323 g/mol. The first-order valence-corrected chi connectivity index (χ1v) is 8.37. The number of piperidine rings is 1. The SMILES string of the molecule is Cc1ccn(C2CCN(Cc3ccc(F)cc3)CC2)c(=O)c1C(=O)O. The summed E-state index contributed by atoms with van der Waals surface area (Å²) in [6, 6.07) is 8.19. The van der Waals surface area contributed by atoms with Crippen LogP contribution in [0.25, 0.3) is 0 Å². The average molecular weight is 344 g/mol. The molecule has 0 unspecified atom stereocenters. The van der Waals surface area contributed by atoms with E-state index in [0.717, 1.165) is 38.0 Å². The summed E-state index contributed by atoms with van der Waals surface area (Å²) >= 11 is 0. The second kappa shape index (κ2) is 7.19. The van der Waals surface area contributed by atoms with Crippen LogP contribution in [-0.4, -0.2) is 33.6 Å². The van der Waals surface area contributed by atoms with Crippen molar-refractivity contribution in [3.05, 3.63) is 69.4 Å². The summed E-state index contributed by atoms with van der Waals surface area (Å²) in [4.78, 5) is 26.0. The summed E-state index contributed by atoms with van der Waals surface area (Å²) in [5, 5.41) is 9.25. The molecule has 0 saturated carbocycles. The number of carboxylic acids is 1. The van der Waals surface area contributed by atoms with E-state index in [2.05, 4.69) is 4.90 Å². The van der Waals surface area contributed by atoms with Gasteiger partial charge in [-0.15, -0.1) is 0 Å². The third-order valence-electron chi connectivity index (χ3n) is 4.81. The number of rotatable bonds is 4. The fourth-order valence-corrected chi connectivity index (χ4v) is 3.39. The average Bonchev–Trinajstić information content (AvgIpc) is 2.58. The smallest absolute Gasteiger partial charge is 0.341 e. The Morgan fingerprint density at radius 1 is 1.20 bits per heavy atom. The molecule has 1 aliphatic heterocycles. The van der Waals surface area contributed by atoms with Crippen LogP contribution in [-0.2, 0) is 6.54 Å². The highest BCUT2D eigenvalue weighted by molar-refractivity contribution is 5.88. The first-order valence-electron chi connectivity index (χ1n) is 8.37. The number of likely N-dealkylation sites (tertiary alicyclic amines) is 1. The molecule has 2 aromatic rings. The van der Waals surface area contributed by atoms with Crippen LogP contribution >= 0.6 is 0 Å². The van der Waals surface area contributed by atoms with Crippen molar-refractivity contribution in [2.24, 2.45) is 0 Å². The summed E-state index contributed by atoms with van der Waals surface area (Å²) in [5.74, 6) is -1.42. The molecule has 1 aliphatic rings. The molecule has 1 aromatic heterocycles. The molecule has 0 amide bonds. The van der Waals surface area contributed by atoms with Crippen LogP contribution in [0.2, 0.25) is 0 Å². The number of nitrogens with zero attached hydrogens (tertiary/aromatic N) is 2. The summed E-state index contributed by atoms with van der Waals surface area (Å²) < 4.78 is 14.5. The number of hydrogen-bond acceptors (Lipinski definition) is 3. The van der Waals surface area contributed by atoms with Gasteiger partial charge in [0.15, 0.2) is 0 Å². The lowest BCUT2D eigenvalue weighted by atomic mass is 10.0. The Kier molecular flexibility index (Phi) is 4.99. The quantitative estimate of drug-likeness (QED) is 0.926. The fourth-order valence-electron chi connectivity index (χ4n) is 3.39. The number of aromatic carboxylic acids is 1. The molecule has 1 aromatic carbocycles. The van der Waals surface area contributed by atoms with Crippen molar-refractivity contribution in [3.8, 4) is 0 Å². The van der Waals surface area contributed by atoms with Crippen molar-refractivity contribution in [3.63, 3.8) is 0 Å². The van der Waals surface area contributed by atoms with E-state index in [1.54, 1.807) is 35.9 Å². The van der Waals surface area contributed by atoms with Crippen LogP contribution in [0.4, 0.5) is 4.39 Å². The molecule has 1 N–H and O–H groups in total. The zero-order valence-corrected chi connectivity index (χ0v) is 14.1. The lowest BCUT2D eigenvalue weighted by Crippen LogP contribution is -2.38. The minimum absolute atomic E-state index is 0.00988. The van der Waals surface area contributed by atoms with Gasteiger partial charge in [0.2, 0.25) is 0 Å². The Morgan fingerprint density at radius 2 is 1.84 bits per heavy atom. The normalized spacial score (nSPS) is 16.1. The Labute approximate surface area is 145 Å². The van der Waals surface area contributed by atoms with Gasteiger partial charge in [-0.2, -0.15) is 0 Å². The van der Waals surface area contributed by atoms with Crippen LogP contribution in [0.5, 0.6) is 0 Å². The van der Waals surface area contributed by atoms with Crippen molar-refractivity contribution < 1.29 is 14.3 Å². The maximum atomic E-state index is 13.0. The molecule has 0 bridgehead atoms. The van der Waals surface area contributed by atoms with E-state index in [1.807, 2.05) is 0 Å². The van der Waals surface area contributed by atoms with Gasteiger partial charge in [-0.25, -0.2) is 9.18 Å². The van der Waals surface area contributed by atoms with Crippen LogP contribution in [0.3, 0.4) is 0 Å². The van der Waals surface area contributed by atoms with Crippen LogP contribution in [0.1, 0.15) is 40.4 Å². The summed E-state index contributed by atoms with van der Waals surface area (Å²) in [6.07, 6.45) is 3.26. The molecule has 5 nitrogen and oxygen atoms in total. The third kappa shape index (κ3) is 3.79. The van der Waals surface area contributed by atoms with Crippen molar-refractivity contribution in [1.29, 1.82) is 0 Å². The molecule has 1 fully saturated rings. The van der Waals surface area contributed by atoms with Gasteiger partial charge in [0.1, 0.15) is 11.4 Å². The van der Waals surface area contributed by atoms with Crippen molar-refractivity contribution >= 4 is 5.97 Å². The summed E-state index contributed by atoms with van der Waals surface area (Å²) in [5.41, 5.74) is 0.976. The zero-order valence-electron chi connectivity index (χ0n) is 14.1. The topological polar surface area (TPSA) is 62.5 Å². The molecule has 132 valence electrons. The molecule has 0 radical (unpaired) electrons. The first-order chi connectivity index (χ1) is 12.0. The number of halogens is 1. The van der Waals surface area contributed by atoms with E-state index >= 15 is 0 Å². The van der Waals surface area contributed by atoms with Crippen molar-refractivity contribution in [1.82, 2.24) is 9.47 Å². The van der Waals surface area contributed by atoms with Gasteiger partial charge in [-0.1, -0.05) is 12.1 Å². The summed E-state index contributed by atoms with van der Waals surface area (Å²) in [7, 11) is 0. The maximum Gasteiger partial charge on any atom is 0.341 e. The molecular formula is C19H21FN2O3. The van der Waals surface area contributed by atoms with Gasteiger partial charge in [-0.3, -0.25) is 9.69 Å². The molecule has 2 heterocycles. The van der Waals surface area contributed by atoms with E-state index in [-0.39, 0.29) is 17.4 Å². The Hall–Kier alpha value is -2.47. The molecule has 6 heteroatoms. The summed E-state index contributed by atoms with van der Waals surface area (Å²) in [6.45, 7) is 4.01. The van der Waals surface area contributed by atoms with Crippen LogP contribution < -0.4 is 5.56 Å². The van der Waals surface area contributed by atoms with Gasteiger partial charge >= 0.3 is 5.97 Å². The van der Waals surface area contributed by atoms with E-state index in [0.29, 0.717) is 5.56 Å². The minimum atomic E-state index is -1.18. The molecule has 1 saturated heterocycles. The predicted molar refractivity (Wildman–Crippen MR) is 92.3 cm³/mol. The second-order valence-corrected chi connectivity index (χ2v) is 6.53. The lowest BCUT2D eigenvalue weighted by molar-refractivity contribution is 0.0692. The Morgan fingerprint density at radius 3 is 2.44 bits per heavy atom. The highest BCUT2D eigenvalue weighted by Crippen LogP contribution is 2.23. The highest BCUT2D eigenvalue weighted by atomic mass is 19.1. The number of aryl methyl sites for hydroxylation is 1. The van der Waals surface area contributed by atoms with E-state index < -0.39 is 11.5 Å². The number of pyridine rings is 1. The number of carbonyl (C=O) groups is 1. The van der Waals surface area contributed by atoms with Gasteiger partial charge in [0.25, 0.3) is 5.56 Å².